The fraction of sp³-hybridized carbons (Fsp3) is 0.389. The molecule has 6 nitrogen and oxygen atoms in total. The topological polar surface area (TPSA) is 101 Å². The van der Waals surface area contributed by atoms with Crippen LogP contribution in [0.5, 0.6) is 0 Å². The third kappa shape index (κ3) is 2.96. The van der Waals surface area contributed by atoms with Crippen LogP contribution in [0.3, 0.4) is 0 Å². The number of aromatic nitrogens is 2. The van der Waals surface area contributed by atoms with Crippen molar-refractivity contribution in [3.8, 4) is 0 Å². The molecule has 8 heteroatoms. The first kappa shape index (κ1) is 17.0. The van der Waals surface area contributed by atoms with E-state index in [-0.39, 0.29) is 28.2 Å². The highest BCUT2D eigenvalue weighted by Gasteiger charge is 2.38. The highest BCUT2D eigenvalue weighted by atomic mass is 35.5. The van der Waals surface area contributed by atoms with Crippen LogP contribution in [0, 0.1) is 11.8 Å². The van der Waals surface area contributed by atoms with Crippen molar-refractivity contribution in [1.82, 2.24) is 15.5 Å². The highest BCUT2D eigenvalue weighted by Crippen LogP contribution is 2.45. The lowest BCUT2D eigenvalue weighted by Gasteiger charge is -2.17. The van der Waals surface area contributed by atoms with E-state index >= 15 is 0 Å². The van der Waals surface area contributed by atoms with Crippen molar-refractivity contribution in [2.24, 2.45) is 11.8 Å². The predicted octanol–water partition coefficient (Wildman–Crippen LogP) is 2.85. The van der Waals surface area contributed by atoms with Crippen LogP contribution >= 0.6 is 11.6 Å². The van der Waals surface area contributed by atoms with Crippen LogP contribution in [0.1, 0.15) is 41.7 Å². The van der Waals surface area contributed by atoms with Gasteiger partial charge in [0.05, 0.1) is 16.8 Å². The molecular formula is C18H18ClFN4O2. The Kier molecular flexibility index (Phi) is 4.19. The van der Waals surface area contributed by atoms with Gasteiger partial charge in [-0.2, -0.15) is 5.10 Å². The molecule has 0 saturated heterocycles. The minimum absolute atomic E-state index is 0.0158. The number of carbonyl (C=O) groups is 2. The molecule has 0 aromatic carbocycles. The molecule has 1 aromatic rings. The third-order valence-electron chi connectivity index (χ3n) is 5.24. The number of fused-ring (bicyclic) bond motifs is 1. The van der Waals surface area contributed by atoms with Crippen LogP contribution in [-0.2, 0) is 4.79 Å². The Morgan fingerprint density at radius 2 is 2.15 bits per heavy atom. The molecule has 1 saturated carbocycles. The summed E-state index contributed by atoms with van der Waals surface area (Å²) in [5.41, 5.74) is 7.74. The van der Waals surface area contributed by atoms with E-state index in [0.29, 0.717) is 36.7 Å². The number of ketones is 1. The molecule has 4 N–H and O–H groups in total. The highest BCUT2D eigenvalue weighted by molar-refractivity contribution is 6.31. The fourth-order valence-electron chi connectivity index (χ4n) is 3.98. The van der Waals surface area contributed by atoms with Crippen molar-refractivity contribution in [2.45, 2.75) is 31.7 Å². The molecule has 26 heavy (non-hydrogen) atoms. The standard InChI is InChI=1S/C18H18ClFN4O2/c19-13-7-11(1-2-14(13)20)22-18(26)15-16(23-24-17(15)21)10-3-8-5-12(25)6-9(8)4-10/h2-3,7-9,11H,1,4-6H2,(H,22,26)(H3,21,23,24). The van der Waals surface area contributed by atoms with Crippen molar-refractivity contribution in [3.05, 3.63) is 40.3 Å². The second kappa shape index (κ2) is 6.39. The molecule has 1 amide bonds. The van der Waals surface area contributed by atoms with E-state index in [1.54, 1.807) is 0 Å². The van der Waals surface area contributed by atoms with Gasteiger partial charge >= 0.3 is 0 Å². The number of halogens is 2. The smallest absolute Gasteiger partial charge is 0.257 e. The van der Waals surface area contributed by atoms with Crippen molar-refractivity contribution >= 4 is 34.7 Å². The van der Waals surface area contributed by atoms with Gasteiger partial charge in [-0.3, -0.25) is 14.7 Å². The molecule has 3 aliphatic carbocycles. The monoisotopic (exact) mass is 376 g/mol. The van der Waals surface area contributed by atoms with Crippen LogP contribution in [0.25, 0.3) is 5.57 Å². The number of nitrogen functional groups attached to an aromatic ring is 1. The van der Waals surface area contributed by atoms with Gasteiger partial charge in [0, 0.05) is 12.8 Å². The molecule has 136 valence electrons. The SMILES string of the molecule is Nc1n[nH]c(C2=CC3CC(=O)CC3C2)c1C(=O)NC1C=C(Cl)C(F)=CC1. The summed E-state index contributed by atoms with van der Waals surface area (Å²) in [6, 6.07) is -0.411. The Morgan fingerprint density at radius 3 is 2.88 bits per heavy atom. The van der Waals surface area contributed by atoms with E-state index in [1.165, 1.54) is 12.2 Å². The van der Waals surface area contributed by atoms with Crippen molar-refractivity contribution < 1.29 is 14.0 Å². The average molecular weight is 377 g/mol. The largest absolute Gasteiger partial charge is 0.382 e. The summed E-state index contributed by atoms with van der Waals surface area (Å²) in [7, 11) is 0. The summed E-state index contributed by atoms with van der Waals surface area (Å²) in [4.78, 5) is 24.3. The van der Waals surface area contributed by atoms with Gasteiger partial charge in [0.1, 0.15) is 17.2 Å². The molecule has 3 unspecified atom stereocenters. The number of rotatable bonds is 3. The third-order valence-corrected chi connectivity index (χ3v) is 5.55. The Hall–Kier alpha value is -2.41. The fourth-order valence-corrected chi connectivity index (χ4v) is 4.21. The molecule has 0 spiro atoms. The molecular weight excluding hydrogens is 359 g/mol. The van der Waals surface area contributed by atoms with E-state index in [2.05, 4.69) is 21.6 Å². The minimum Gasteiger partial charge on any atom is -0.382 e. The zero-order valence-electron chi connectivity index (χ0n) is 13.9. The maximum absolute atomic E-state index is 13.3. The van der Waals surface area contributed by atoms with Gasteiger partial charge in [0.15, 0.2) is 5.82 Å². The quantitative estimate of drug-likeness (QED) is 0.755. The number of amides is 1. The number of hydrogen-bond acceptors (Lipinski definition) is 4. The Balaban J connectivity index is 1.55. The summed E-state index contributed by atoms with van der Waals surface area (Å²) in [6.45, 7) is 0. The molecule has 1 heterocycles. The van der Waals surface area contributed by atoms with Gasteiger partial charge in [-0.05, 0) is 42.4 Å². The lowest BCUT2D eigenvalue weighted by molar-refractivity contribution is -0.117. The van der Waals surface area contributed by atoms with Gasteiger partial charge in [0.2, 0.25) is 0 Å². The lowest BCUT2D eigenvalue weighted by atomic mass is 9.98. The summed E-state index contributed by atoms with van der Waals surface area (Å²) in [5, 5.41) is 9.62. The molecule has 3 atom stereocenters. The van der Waals surface area contributed by atoms with Gasteiger partial charge in [-0.1, -0.05) is 17.7 Å². The Labute approximate surface area is 154 Å². The number of nitrogens with zero attached hydrogens (tertiary/aromatic N) is 1. The number of carbonyl (C=O) groups excluding carboxylic acids is 2. The number of aromatic amines is 1. The van der Waals surface area contributed by atoms with E-state index in [4.69, 9.17) is 17.3 Å². The molecule has 0 bridgehead atoms. The normalized spacial score (nSPS) is 27.7. The van der Waals surface area contributed by atoms with Gasteiger partial charge in [0.25, 0.3) is 5.91 Å². The Morgan fingerprint density at radius 1 is 1.35 bits per heavy atom. The molecule has 3 aliphatic rings. The van der Waals surface area contributed by atoms with E-state index < -0.39 is 11.9 Å². The van der Waals surface area contributed by atoms with E-state index in [1.807, 2.05) is 0 Å². The van der Waals surface area contributed by atoms with Crippen LogP contribution in [0.4, 0.5) is 10.2 Å². The Bertz CT molecular complexity index is 886. The summed E-state index contributed by atoms with van der Waals surface area (Å²) in [6.07, 6.45) is 7.04. The first-order chi connectivity index (χ1) is 12.4. The van der Waals surface area contributed by atoms with Crippen molar-refractivity contribution in [1.29, 1.82) is 0 Å². The molecule has 1 aromatic heterocycles. The number of allylic oxidation sites excluding steroid dienone is 4. The first-order valence-corrected chi connectivity index (χ1v) is 8.91. The van der Waals surface area contributed by atoms with Crippen LogP contribution in [0.2, 0.25) is 0 Å². The number of hydrogen-bond donors (Lipinski definition) is 3. The van der Waals surface area contributed by atoms with E-state index in [0.717, 1.165) is 12.0 Å². The second-order valence-corrected chi connectivity index (χ2v) is 7.42. The van der Waals surface area contributed by atoms with Crippen molar-refractivity contribution in [2.75, 3.05) is 5.73 Å². The summed E-state index contributed by atoms with van der Waals surface area (Å²) < 4.78 is 13.3. The summed E-state index contributed by atoms with van der Waals surface area (Å²) in [5.74, 6) is 0.0506. The summed E-state index contributed by atoms with van der Waals surface area (Å²) >= 11 is 5.79. The molecule has 4 rings (SSSR count). The maximum atomic E-state index is 13.3. The lowest BCUT2D eigenvalue weighted by Crippen LogP contribution is -2.34. The zero-order valence-corrected chi connectivity index (χ0v) is 14.6. The van der Waals surface area contributed by atoms with Crippen LogP contribution in [0.15, 0.2) is 29.1 Å². The number of nitrogens with two attached hydrogens (primary N) is 1. The van der Waals surface area contributed by atoms with Gasteiger partial charge in [-0.15, -0.1) is 0 Å². The van der Waals surface area contributed by atoms with Crippen LogP contribution in [-0.4, -0.2) is 27.9 Å². The van der Waals surface area contributed by atoms with Crippen LogP contribution < -0.4 is 11.1 Å². The second-order valence-electron chi connectivity index (χ2n) is 7.01. The molecule has 1 fully saturated rings. The van der Waals surface area contributed by atoms with E-state index in [9.17, 15) is 14.0 Å². The van der Waals surface area contributed by atoms with Crippen molar-refractivity contribution in [3.63, 3.8) is 0 Å². The minimum atomic E-state index is -0.488. The maximum Gasteiger partial charge on any atom is 0.257 e. The van der Waals surface area contributed by atoms with Gasteiger partial charge < -0.3 is 11.1 Å². The number of anilines is 1. The zero-order chi connectivity index (χ0) is 18.4. The van der Waals surface area contributed by atoms with Gasteiger partial charge in [-0.25, -0.2) is 4.39 Å². The number of H-pyrrole nitrogens is 1. The number of nitrogens with one attached hydrogen (secondary N) is 2. The molecule has 0 radical (unpaired) electrons. The average Bonchev–Trinajstić information content (AvgIpc) is 3.23. The number of Topliss-reactive ketones (excluding diaryl/α,β-unsaturated/α-hetero) is 1. The molecule has 0 aliphatic heterocycles. The predicted molar refractivity (Wildman–Crippen MR) is 95.8 cm³/mol. The first-order valence-electron chi connectivity index (χ1n) is 8.53.